The zero-order valence-corrected chi connectivity index (χ0v) is 20.2. The first-order valence-electron chi connectivity index (χ1n) is 11.2. The molecular weight excluding hydrogens is 404 g/mol. The summed E-state index contributed by atoms with van der Waals surface area (Å²) in [5, 5.41) is 0. The van der Waals surface area contributed by atoms with Gasteiger partial charge in [-0.15, -0.1) is 0 Å². The van der Waals surface area contributed by atoms with Crippen LogP contribution >= 0.6 is 0 Å². The SMILES string of the molecule is C[N+](C)(C)CCCOc1ccc(OCCC[N+](C)(C)C)c2c1C(=O)c1ccccc1C2=O. The number of carbonyl (C=O) groups is 2. The highest BCUT2D eigenvalue weighted by atomic mass is 16.5. The Morgan fingerprint density at radius 3 is 1.34 bits per heavy atom. The van der Waals surface area contributed by atoms with Gasteiger partial charge in [0.25, 0.3) is 0 Å². The topological polar surface area (TPSA) is 52.6 Å². The van der Waals surface area contributed by atoms with E-state index in [1.807, 2.05) is 0 Å². The van der Waals surface area contributed by atoms with E-state index in [1.165, 1.54) is 0 Å². The lowest BCUT2D eigenvalue weighted by Crippen LogP contribution is -2.36. The molecule has 172 valence electrons. The van der Waals surface area contributed by atoms with Gasteiger partial charge in [0.2, 0.25) is 0 Å². The number of rotatable bonds is 10. The summed E-state index contributed by atoms with van der Waals surface area (Å²) >= 11 is 0. The molecule has 6 heteroatoms. The third-order valence-corrected chi connectivity index (χ3v) is 5.46. The van der Waals surface area contributed by atoms with Crippen molar-refractivity contribution in [3.63, 3.8) is 0 Å². The fraction of sp³-hybridized carbons (Fsp3) is 0.462. The first-order chi connectivity index (χ1) is 15.0. The summed E-state index contributed by atoms with van der Waals surface area (Å²) < 4.78 is 13.7. The molecule has 1 aliphatic rings. The quantitative estimate of drug-likeness (QED) is 0.358. The number of ketones is 2. The molecule has 0 bridgehead atoms. The molecule has 1 aliphatic carbocycles. The minimum absolute atomic E-state index is 0.186. The number of benzene rings is 2. The van der Waals surface area contributed by atoms with Gasteiger partial charge >= 0.3 is 0 Å². The molecule has 6 nitrogen and oxygen atoms in total. The van der Waals surface area contributed by atoms with Crippen LogP contribution in [0.15, 0.2) is 36.4 Å². The van der Waals surface area contributed by atoms with Gasteiger partial charge in [0.1, 0.15) is 11.5 Å². The molecule has 0 spiro atoms. The Morgan fingerprint density at radius 2 is 1.00 bits per heavy atom. The number of carbonyl (C=O) groups excluding carboxylic acids is 2. The number of ether oxygens (including phenoxy) is 2. The smallest absolute Gasteiger partial charge is 0.198 e. The summed E-state index contributed by atoms with van der Waals surface area (Å²) in [4.78, 5) is 26.8. The maximum absolute atomic E-state index is 13.4. The second-order valence-electron chi connectivity index (χ2n) is 10.4. The maximum Gasteiger partial charge on any atom is 0.198 e. The van der Waals surface area contributed by atoms with E-state index < -0.39 is 0 Å². The van der Waals surface area contributed by atoms with Crippen molar-refractivity contribution in [2.45, 2.75) is 12.8 Å². The highest BCUT2D eigenvalue weighted by Gasteiger charge is 2.35. The van der Waals surface area contributed by atoms with Crippen molar-refractivity contribution >= 4 is 11.6 Å². The van der Waals surface area contributed by atoms with Gasteiger partial charge in [-0.1, -0.05) is 24.3 Å². The third kappa shape index (κ3) is 5.75. The Bertz CT molecular complexity index is 920. The van der Waals surface area contributed by atoms with Gasteiger partial charge in [0, 0.05) is 24.0 Å². The van der Waals surface area contributed by atoms with E-state index in [0.717, 1.165) is 34.9 Å². The third-order valence-electron chi connectivity index (χ3n) is 5.46. The van der Waals surface area contributed by atoms with Crippen LogP contribution in [0.4, 0.5) is 0 Å². The Morgan fingerprint density at radius 1 is 0.625 bits per heavy atom. The van der Waals surface area contributed by atoms with E-state index in [0.29, 0.717) is 47.0 Å². The van der Waals surface area contributed by atoms with Gasteiger partial charge in [-0.25, -0.2) is 0 Å². The van der Waals surface area contributed by atoms with Crippen molar-refractivity contribution in [3.05, 3.63) is 58.7 Å². The predicted molar refractivity (Wildman–Crippen MR) is 126 cm³/mol. The maximum atomic E-state index is 13.4. The predicted octanol–water partition coefficient (Wildman–Crippen LogP) is 3.41. The van der Waals surface area contributed by atoms with E-state index in [4.69, 9.17) is 9.47 Å². The molecule has 0 saturated carbocycles. The zero-order valence-electron chi connectivity index (χ0n) is 20.2. The van der Waals surface area contributed by atoms with E-state index in [-0.39, 0.29) is 11.6 Å². The number of nitrogens with zero attached hydrogens (tertiary/aromatic N) is 2. The molecule has 0 heterocycles. The van der Waals surface area contributed by atoms with Crippen LogP contribution in [0.2, 0.25) is 0 Å². The van der Waals surface area contributed by atoms with E-state index in [1.54, 1.807) is 36.4 Å². The fourth-order valence-corrected chi connectivity index (χ4v) is 3.85. The molecule has 0 amide bonds. The Kier molecular flexibility index (Phi) is 7.06. The number of quaternary nitrogens is 2. The van der Waals surface area contributed by atoms with Crippen LogP contribution in [0, 0.1) is 0 Å². The molecule has 0 fully saturated rings. The Balaban J connectivity index is 1.89. The van der Waals surface area contributed by atoms with Crippen molar-refractivity contribution < 1.29 is 28.0 Å². The van der Waals surface area contributed by atoms with Gasteiger partial charge in [0.15, 0.2) is 11.6 Å². The molecule has 0 N–H and O–H groups in total. The fourth-order valence-electron chi connectivity index (χ4n) is 3.85. The summed E-state index contributed by atoms with van der Waals surface area (Å²) in [5.74, 6) is 0.531. The highest BCUT2D eigenvalue weighted by Crippen LogP contribution is 2.38. The van der Waals surface area contributed by atoms with Crippen LogP contribution in [0.1, 0.15) is 44.7 Å². The van der Waals surface area contributed by atoms with Crippen LogP contribution < -0.4 is 9.47 Å². The van der Waals surface area contributed by atoms with Crippen LogP contribution in [0.5, 0.6) is 11.5 Å². The van der Waals surface area contributed by atoms with Gasteiger partial charge in [-0.3, -0.25) is 9.59 Å². The van der Waals surface area contributed by atoms with Crippen molar-refractivity contribution in [1.29, 1.82) is 0 Å². The van der Waals surface area contributed by atoms with E-state index in [2.05, 4.69) is 42.3 Å². The first-order valence-corrected chi connectivity index (χ1v) is 11.2. The molecule has 3 rings (SSSR count). The van der Waals surface area contributed by atoms with Gasteiger partial charge in [-0.05, 0) is 12.1 Å². The summed E-state index contributed by atoms with van der Waals surface area (Å²) in [7, 11) is 12.8. The molecular formula is C26H36N2O4+2. The van der Waals surface area contributed by atoms with E-state index >= 15 is 0 Å². The molecule has 0 saturated heterocycles. The molecule has 0 radical (unpaired) electrons. The molecule has 0 unspecified atom stereocenters. The van der Waals surface area contributed by atoms with Crippen LogP contribution in [0.25, 0.3) is 0 Å². The number of fused-ring (bicyclic) bond motifs is 2. The number of hydrogen-bond acceptors (Lipinski definition) is 4. The Labute approximate surface area is 191 Å². The van der Waals surface area contributed by atoms with Crippen molar-refractivity contribution in [3.8, 4) is 11.5 Å². The standard InChI is InChI=1S/C26H36N2O4/c1-27(2,3)15-9-17-31-21-13-14-22(32-18-10-16-28(4,5)6)24-23(21)25(29)19-11-7-8-12-20(19)26(24)30/h7-8,11-14H,9-10,15-18H2,1-6H3/q+2. The minimum Gasteiger partial charge on any atom is -0.493 e. The second-order valence-corrected chi connectivity index (χ2v) is 10.4. The first kappa shape index (κ1) is 24.0. The molecule has 32 heavy (non-hydrogen) atoms. The summed E-state index contributed by atoms with van der Waals surface area (Å²) in [6.45, 7) is 2.86. The summed E-state index contributed by atoms with van der Waals surface area (Å²) in [6.07, 6.45) is 1.70. The van der Waals surface area contributed by atoms with Crippen LogP contribution in [0.3, 0.4) is 0 Å². The highest BCUT2D eigenvalue weighted by molar-refractivity contribution is 6.30. The average Bonchev–Trinajstić information content (AvgIpc) is 2.71. The number of hydrogen-bond donors (Lipinski definition) is 0. The zero-order chi connectivity index (χ0) is 23.5. The molecule has 0 atom stereocenters. The van der Waals surface area contributed by atoms with Crippen molar-refractivity contribution in [2.24, 2.45) is 0 Å². The minimum atomic E-state index is -0.186. The average molecular weight is 441 g/mol. The lowest BCUT2D eigenvalue weighted by atomic mass is 9.83. The van der Waals surface area contributed by atoms with Crippen molar-refractivity contribution in [1.82, 2.24) is 0 Å². The second kappa shape index (κ2) is 9.43. The summed E-state index contributed by atoms with van der Waals surface area (Å²) in [5.41, 5.74) is 1.48. The summed E-state index contributed by atoms with van der Waals surface area (Å²) in [6, 6.07) is 10.5. The lowest BCUT2D eigenvalue weighted by molar-refractivity contribution is -0.870. The normalized spacial score (nSPS) is 13.6. The largest absolute Gasteiger partial charge is 0.493 e. The van der Waals surface area contributed by atoms with Gasteiger partial charge in [-0.2, -0.15) is 0 Å². The monoisotopic (exact) mass is 440 g/mol. The molecule has 0 aromatic heterocycles. The Hall–Kier alpha value is -2.70. The van der Waals surface area contributed by atoms with Crippen LogP contribution in [-0.2, 0) is 0 Å². The molecule has 2 aromatic rings. The molecule has 0 aliphatic heterocycles. The van der Waals surface area contributed by atoms with Crippen LogP contribution in [-0.4, -0.2) is 89.1 Å². The molecule has 2 aromatic carbocycles. The van der Waals surface area contributed by atoms with Crippen molar-refractivity contribution in [2.75, 3.05) is 68.6 Å². The lowest BCUT2D eigenvalue weighted by Gasteiger charge is -2.25. The van der Waals surface area contributed by atoms with Gasteiger partial charge in [0.05, 0.1) is 79.7 Å². The van der Waals surface area contributed by atoms with Gasteiger partial charge < -0.3 is 18.4 Å². The van der Waals surface area contributed by atoms with E-state index in [9.17, 15) is 9.59 Å².